The lowest BCUT2D eigenvalue weighted by molar-refractivity contribution is -0.128. The molecule has 0 aromatic carbocycles. The van der Waals surface area contributed by atoms with Crippen molar-refractivity contribution in [3.63, 3.8) is 0 Å². The molecule has 1 amide bonds. The van der Waals surface area contributed by atoms with E-state index in [0.717, 1.165) is 12.8 Å². The molecule has 1 aromatic rings. The van der Waals surface area contributed by atoms with Gasteiger partial charge in [0.05, 0.1) is 0 Å². The summed E-state index contributed by atoms with van der Waals surface area (Å²) in [6.07, 6.45) is 6.16. The van der Waals surface area contributed by atoms with Gasteiger partial charge >= 0.3 is 5.69 Å². The fraction of sp³-hybridized carbons (Fsp3) is 0.636. The second kappa shape index (κ2) is 4.15. The van der Waals surface area contributed by atoms with Crippen LogP contribution in [0.4, 0.5) is 0 Å². The van der Waals surface area contributed by atoms with E-state index >= 15 is 0 Å². The van der Waals surface area contributed by atoms with Crippen LogP contribution >= 0.6 is 0 Å². The number of hydrogen-bond donors (Lipinski definition) is 0. The summed E-state index contributed by atoms with van der Waals surface area (Å²) in [6, 6.07) is 0.401. The number of carbonyl (C=O) groups is 1. The first-order valence-corrected chi connectivity index (χ1v) is 5.57. The maximum atomic E-state index is 11.8. The normalized spacial score (nSPS) is 15.1. The van der Waals surface area contributed by atoms with Crippen LogP contribution in [0.2, 0.25) is 0 Å². The predicted octanol–water partition coefficient (Wildman–Crippen LogP) is 0.463. The van der Waals surface area contributed by atoms with Gasteiger partial charge in [-0.05, 0) is 12.8 Å². The average molecular weight is 223 g/mol. The minimum atomic E-state index is 0.00839. The lowest BCUT2D eigenvalue weighted by atomic mass is 10.4. The molecular weight excluding hydrogens is 206 g/mol. The Morgan fingerprint density at radius 2 is 2.12 bits per heavy atom. The first-order valence-electron chi connectivity index (χ1n) is 5.57. The van der Waals surface area contributed by atoms with Gasteiger partial charge in [0, 0.05) is 45.5 Å². The SMILES string of the molecule is CN(C)C(=O)CCn1ccn(C2CC2)c1=O. The summed E-state index contributed by atoms with van der Waals surface area (Å²) >= 11 is 0. The van der Waals surface area contributed by atoms with Crippen molar-refractivity contribution in [2.24, 2.45) is 0 Å². The highest BCUT2D eigenvalue weighted by atomic mass is 16.2. The summed E-state index contributed by atoms with van der Waals surface area (Å²) in [5.41, 5.74) is 0.00839. The zero-order chi connectivity index (χ0) is 11.7. The Balaban J connectivity index is 1.99. The minimum Gasteiger partial charge on any atom is -0.349 e. The summed E-state index contributed by atoms with van der Waals surface area (Å²) in [7, 11) is 3.45. The zero-order valence-electron chi connectivity index (χ0n) is 9.72. The highest BCUT2D eigenvalue weighted by molar-refractivity contribution is 5.75. The third-order valence-corrected chi connectivity index (χ3v) is 2.88. The molecule has 1 saturated carbocycles. The number of imidazole rings is 1. The van der Waals surface area contributed by atoms with E-state index in [1.165, 1.54) is 0 Å². The highest BCUT2D eigenvalue weighted by Gasteiger charge is 2.25. The maximum Gasteiger partial charge on any atom is 0.328 e. The molecule has 0 N–H and O–H groups in total. The van der Waals surface area contributed by atoms with E-state index in [4.69, 9.17) is 0 Å². The fourth-order valence-electron chi connectivity index (χ4n) is 1.67. The average Bonchev–Trinajstić information content (AvgIpc) is 3.01. The van der Waals surface area contributed by atoms with Gasteiger partial charge in [0.2, 0.25) is 5.91 Å². The van der Waals surface area contributed by atoms with Crippen molar-refractivity contribution >= 4 is 5.91 Å². The number of amides is 1. The first-order chi connectivity index (χ1) is 7.59. The second-order valence-electron chi connectivity index (χ2n) is 4.45. The number of nitrogens with zero attached hydrogens (tertiary/aromatic N) is 3. The van der Waals surface area contributed by atoms with Gasteiger partial charge in [-0.2, -0.15) is 0 Å². The summed E-state index contributed by atoms with van der Waals surface area (Å²) in [5.74, 6) is 0.0473. The van der Waals surface area contributed by atoms with E-state index in [1.807, 2.05) is 6.20 Å². The first kappa shape index (κ1) is 11.0. The van der Waals surface area contributed by atoms with Crippen molar-refractivity contribution in [2.75, 3.05) is 14.1 Å². The molecule has 1 aliphatic carbocycles. The van der Waals surface area contributed by atoms with Gasteiger partial charge in [-0.3, -0.25) is 13.9 Å². The van der Waals surface area contributed by atoms with Crippen LogP contribution in [-0.2, 0) is 11.3 Å². The molecule has 2 rings (SSSR count). The van der Waals surface area contributed by atoms with Gasteiger partial charge in [0.25, 0.3) is 0 Å². The Morgan fingerprint density at radius 3 is 2.69 bits per heavy atom. The van der Waals surface area contributed by atoms with Gasteiger partial charge in [-0.15, -0.1) is 0 Å². The van der Waals surface area contributed by atoms with Crippen LogP contribution in [0.1, 0.15) is 25.3 Å². The standard InChI is InChI=1S/C11H17N3O2/c1-12(2)10(15)5-6-13-7-8-14(11(13)16)9-3-4-9/h7-9H,3-6H2,1-2H3. The largest absolute Gasteiger partial charge is 0.349 e. The molecule has 5 heteroatoms. The molecule has 0 saturated heterocycles. The van der Waals surface area contributed by atoms with Crippen LogP contribution in [0.3, 0.4) is 0 Å². The number of hydrogen-bond acceptors (Lipinski definition) is 2. The Bertz CT molecular complexity index is 440. The van der Waals surface area contributed by atoms with Crippen LogP contribution in [0.5, 0.6) is 0 Å². The summed E-state index contributed by atoms with van der Waals surface area (Å²) in [6.45, 7) is 0.468. The number of carbonyl (C=O) groups excluding carboxylic acids is 1. The molecule has 1 fully saturated rings. The fourth-order valence-corrected chi connectivity index (χ4v) is 1.67. The van der Waals surface area contributed by atoms with E-state index in [9.17, 15) is 9.59 Å². The van der Waals surface area contributed by atoms with Crippen molar-refractivity contribution < 1.29 is 4.79 Å². The zero-order valence-corrected chi connectivity index (χ0v) is 9.72. The van der Waals surface area contributed by atoms with E-state index in [-0.39, 0.29) is 11.6 Å². The summed E-state index contributed by atoms with van der Waals surface area (Å²) in [5, 5.41) is 0. The third kappa shape index (κ3) is 2.18. The molecule has 0 unspecified atom stereocenters. The minimum absolute atomic E-state index is 0.00839. The molecule has 1 aromatic heterocycles. The van der Waals surface area contributed by atoms with Gasteiger partial charge in [0.1, 0.15) is 0 Å². The molecule has 0 atom stereocenters. The molecule has 16 heavy (non-hydrogen) atoms. The lowest BCUT2D eigenvalue weighted by Gasteiger charge is -2.09. The molecular formula is C11H17N3O2. The molecule has 0 radical (unpaired) electrons. The van der Waals surface area contributed by atoms with Crippen molar-refractivity contribution in [2.45, 2.75) is 31.8 Å². The Kier molecular flexibility index (Phi) is 2.85. The smallest absolute Gasteiger partial charge is 0.328 e. The molecule has 1 heterocycles. The maximum absolute atomic E-state index is 11.8. The Labute approximate surface area is 94.3 Å². The van der Waals surface area contributed by atoms with Crippen molar-refractivity contribution in [3.8, 4) is 0 Å². The van der Waals surface area contributed by atoms with Crippen molar-refractivity contribution in [1.82, 2.24) is 14.0 Å². The van der Waals surface area contributed by atoms with Crippen LogP contribution in [-0.4, -0.2) is 34.0 Å². The summed E-state index contributed by atoms with van der Waals surface area (Å²) in [4.78, 5) is 24.8. The monoisotopic (exact) mass is 223 g/mol. The number of aryl methyl sites for hydroxylation is 1. The number of aromatic nitrogens is 2. The van der Waals surface area contributed by atoms with E-state index in [1.54, 1.807) is 34.3 Å². The van der Waals surface area contributed by atoms with Gasteiger partial charge < -0.3 is 4.90 Å². The molecule has 0 spiro atoms. The van der Waals surface area contributed by atoms with Crippen molar-refractivity contribution in [1.29, 1.82) is 0 Å². The molecule has 88 valence electrons. The number of rotatable bonds is 4. The van der Waals surface area contributed by atoms with E-state index in [2.05, 4.69) is 0 Å². The lowest BCUT2D eigenvalue weighted by Crippen LogP contribution is -2.27. The van der Waals surface area contributed by atoms with Gasteiger partial charge in [0.15, 0.2) is 0 Å². The third-order valence-electron chi connectivity index (χ3n) is 2.88. The molecule has 5 nitrogen and oxygen atoms in total. The summed E-state index contributed by atoms with van der Waals surface area (Å²) < 4.78 is 3.37. The van der Waals surface area contributed by atoms with Crippen LogP contribution in [0, 0.1) is 0 Å². The Morgan fingerprint density at radius 1 is 1.44 bits per heavy atom. The van der Waals surface area contributed by atoms with Gasteiger partial charge in [-0.25, -0.2) is 4.79 Å². The highest BCUT2D eigenvalue weighted by Crippen LogP contribution is 2.33. The quantitative estimate of drug-likeness (QED) is 0.744. The van der Waals surface area contributed by atoms with Crippen LogP contribution < -0.4 is 5.69 Å². The van der Waals surface area contributed by atoms with Crippen LogP contribution in [0.25, 0.3) is 0 Å². The molecule has 1 aliphatic rings. The van der Waals surface area contributed by atoms with E-state index < -0.39 is 0 Å². The second-order valence-corrected chi connectivity index (χ2v) is 4.45. The van der Waals surface area contributed by atoms with Crippen LogP contribution in [0.15, 0.2) is 17.2 Å². The molecule has 0 bridgehead atoms. The van der Waals surface area contributed by atoms with E-state index in [0.29, 0.717) is 19.0 Å². The van der Waals surface area contributed by atoms with Gasteiger partial charge in [-0.1, -0.05) is 0 Å². The topological polar surface area (TPSA) is 47.2 Å². The molecule has 0 aliphatic heterocycles. The predicted molar refractivity (Wildman–Crippen MR) is 60.3 cm³/mol. The van der Waals surface area contributed by atoms with Crippen molar-refractivity contribution in [3.05, 3.63) is 22.9 Å². The Hall–Kier alpha value is -1.52.